The van der Waals surface area contributed by atoms with Crippen LogP contribution in [0.15, 0.2) is 24.3 Å². The monoisotopic (exact) mass is 245 g/mol. The molecule has 0 saturated heterocycles. The van der Waals surface area contributed by atoms with Crippen molar-refractivity contribution in [2.75, 3.05) is 0 Å². The molecule has 2 N–H and O–H groups in total. The Bertz CT molecular complexity index is 377. The molecule has 0 aliphatic carbocycles. The van der Waals surface area contributed by atoms with Crippen LogP contribution in [-0.2, 0) is 12.6 Å². The number of alkyl halides is 3. The fraction of sp³-hybridized carbons (Fsp3) is 0.538. The molecule has 1 rings (SSSR count). The molecule has 0 aliphatic heterocycles. The summed E-state index contributed by atoms with van der Waals surface area (Å²) in [5.74, 6) is 0. The van der Waals surface area contributed by atoms with Crippen molar-refractivity contribution in [3.05, 3.63) is 35.4 Å². The Labute approximate surface area is 99.8 Å². The lowest BCUT2D eigenvalue weighted by atomic mass is 9.83. The Balaban J connectivity index is 2.87. The van der Waals surface area contributed by atoms with E-state index in [0.29, 0.717) is 12.0 Å². The zero-order valence-electron chi connectivity index (χ0n) is 10.3. The molecule has 0 amide bonds. The van der Waals surface area contributed by atoms with Crippen molar-refractivity contribution in [1.82, 2.24) is 0 Å². The molecule has 0 bridgehead atoms. The highest BCUT2D eigenvalue weighted by Gasteiger charge is 2.30. The SMILES string of the molecule is CC(C)(C)C(N)Cc1cccc(C(F)(F)F)c1. The van der Waals surface area contributed by atoms with Crippen LogP contribution in [0.25, 0.3) is 0 Å². The van der Waals surface area contributed by atoms with Crippen LogP contribution in [0.4, 0.5) is 13.2 Å². The Morgan fingerprint density at radius 3 is 2.24 bits per heavy atom. The molecule has 96 valence electrons. The first-order chi connectivity index (χ1) is 7.60. The van der Waals surface area contributed by atoms with Gasteiger partial charge >= 0.3 is 6.18 Å². The fourth-order valence-electron chi connectivity index (χ4n) is 1.43. The van der Waals surface area contributed by atoms with Crippen molar-refractivity contribution in [1.29, 1.82) is 0 Å². The van der Waals surface area contributed by atoms with E-state index in [1.807, 2.05) is 20.8 Å². The van der Waals surface area contributed by atoms with Gasteiger partial charge in [0.25, 0.3) is 0 Å². The largest absolute Gasteiger partial charge is 0.416 e. The van der Waals surface area contributed by atoms with Gasteiger partial charge in [-0.3, -0.25) is 0 Å². The molecular formula is C13H18F3N. The smallest absolute Gasteiger partial charge is 0.327 e. The average molecular weight is 245 g/mol. The molecule has 0 heterocycles. The van der Waals surface area contributed by atoms with Crippen LogP contribution in [-0.4, -0.2) is 6.04 Å². The minimum absolute atomic E-state index is 0.117. The van der Waals surface area contributed by atoms with Crippen molar-refractivity contribution < 1.29 is 13.2 Å². The molecule has 0 fully saturated rings. The normalized spacial score (nSPS) is 14.8. The first-order valence-corrected chi connectivity index (χ1v) is 5.52. The summed E-state index contributed by atoms with van der Waals surface area (Å²) in [7, 11) is 0. The van der Waals surface area contributed by atoms with E-state index in [2.05, 4.69) is 0 Å². The number of hydrogen-bond donors (Lipinski definition) is 1. The lowest BCUT2D eigenvalue weighted by Gasteiger charge is -2.27. The van der Waals surface area contributed by atoms with Gasteiger partial charge in [-0.1, -0.05) is 39.0 Å². The second-order valence-electron chi connectivity index (χ2n) is 5.37. The predicted octanol–water partition coefficient (Wildman–Crippen LogP) is 3.62. The van der Waals surface area contributed by atoms with Crippen LogP contribution in [0.3, 0.4) is 0 Å². The second kappa shape index (κ2) is 4.69. The second-order valence-corrected chi connectivity index (χ2v) is 5.37. The van der Waals surface area contributed by atoms with Gasteiger partial charge in [0.15, 0.2) is 0 Å². The fourth-order valence-corrected chi connectivity index (χ4v) is 1.43. The van der Waals surface area contributed by atoms with Gasteiger partial charge in [0.1, 0.15) is 0 Å². The van der Waals surface area contributed by atoms with Gasteiger partial charge in [-0.05, 0) is 23.5 Å². The van der Waals surface area contributed by atoms with Gasteiger partial charge in [0, 0.05) is 6.04 Å². The molecule has 17 heavy (non-hydrogen) atoms. The van der Waals surface area contributed by atoms with Crippen molar-refractivity contribution in [3.63, 3.8) is 0 Å². The van der Waals surface area contributed by atoms with Gasteiger partial charge in [-0.25, -0.2) is 0 Å². The highest BCUT2D eigenvalue weighted by molar-refractivity contribution is 5.26. The third-order valence-corrected chi connectivity index (χ3v) is 2.82. The van der Waals surface area contributed by atoms with Crippen LogP contribution in [0.5, 0.6) is 0 Å². The minimum atomic E-state index is -4.29. The van der Waals surface area contributed by atoms with E-state index >= 15 is 0 Å². The maximum absolute atomic E-state index is 12.5. The quantitative estimate of drug-likeness (QED) is 0.846. The Hall–Kier alpha value is -1.03. The minimum Gasteiger partial charge on any atom is -0.327 e. The number of hydrogen-bond acceptors (Lipinski definition) is 1. The Kier molecular flexibility index (Phi) is 3.87. The molecule has 1 atom stereocenters. The van der Waals surface area contributed by atoms with Crippen LogP contribution < -0.4 is 5.73 Å². The van der Waals surface area contributed by atoms with Crippen LogP contribution in [0.1, 0.15) is 31.9 Å². The van der Waals surface area contributed by atoms with E-state index in [-0.39, 0.29) is 11.5 Å². The van der Waals surface area contributed by atoms with E-state index in [0.717, 1.165) is 6.07 Å². The van der Waals surface area contributed by atoms with E-state index in [1.54, 1.807) is 6.07 Å². The number of halogens is 3. The van der Waals surface area contributed by atoms with Crippen molar-refractivity contribution in [2.24, 2.45) is 11.1 Å². The molecule has 1 aromatic carbocycles. The zero-order valence-corrected chi connectivity index (χ0v) is 10.3. The summed E-state index contributed by atoms with van der Waals surface area (Å²) in [6.07, 6.45) is -3.84. The molecule has 0 aliphatic rings. The molecule has 0 aromatic heterocycles. The van der Waals surface area contributed by atoms with Crippen molar-refractivity contribution >= 4 is 0 Å². The zero-order chi connectivity index (χ0) is 13.3. The summed E-state index contributed by atoms with van der Waals surface area (Å²) in [4.78, 5) is 0. The van der Waals surface area contributed by atoms with E-state index in [4.69, 9.17) is 5.73 Å². The summed E-state index contributed by atoms with van der Waals surface area (Å²) < 4.78 is 37.5. The molecule has 4 heteroatoms. The van der Waals surface area contributed by atoms with Gasteiger partial charge in [0.05, 0.1) is 5.56 Å². The van der Waals surface area contributed by atoms with Crippen LogP contribution in [0.2, 0.25) is 0 Å². The summed E-state index contributed by atoms with van der Waals surface area (Å²) in [5, 5.41) is 0. The predicted molar refractivity (Wildman–Crippen MR) is 62.6 cm³/mol. The van der Waals surface area contributed by atoms with Gasteiger partial charge in [0.2, 0.25) is 0 Å². The highest BCUT2D eigenvalue weighted by Crippen LogP contribution is 2.30. The summed E-state index contributed by atoms with van der Waals surface area (Å²) in [6, 6.07) is 5.19. The van der Waals surface area contributed by atoms with Crippen molar-refractivity contribution in [2.45, 2.75) is 39.4 Å². The van der Waals surface area contributed by atoms with E-state index < -0.39 is 11.7 Å². The summed E-state index contributed by atoms with van der Waals surface area (Å²) in [5.41, 5.74) is 5.86. The molecule has 0 radical (unpaired) electrons. The maximum Gasteiger partial charge on any atom is 0.416 e. The number of nitrogens with two attached hydrogens (primary N) is 1. The molecule has 0 spiro atoms. The summed E-state index contributed by atoms with van der Waals surface area (Å²) >= 11 is 0. The lowest BCUT2D eigenvalue weighted by Crippen LogP contribution is -2.36. The third kappa shape index (κ3) is 4.04. The first-order valence-electron chi connectivity index (χ1n) is 5.52. The number of benzene rings is 1. The van der Waals surface area contributed by atoms with Gasteiger partial charge in [-0.2, -0.15) is 13.2 Å². The van der Waals surface area contributed by atoms with Gasteiger partial charge < -0.3 is 5.73 Å². The molecule has 1 aromatic rings. The molecule has 1 unspecified atom stereocenters. The summed E-state index contributed by atoms with van der Waals surface area (Å²) in [6.45, 7) is 5.93. The van der Waals surface area contributed by atoms with E-state index in [1.165, 1.54) is 12.1 Å². The Morgan fingerprint density at radius 1 is 1.18 bits per heavy atom. The van der Waals surface area contributed by atoms with Crippen LogP contribution in [0, 0.1) is 5.41 Å². The topological polar surface area (TPSA) is 26.0 Å². The number of rotatable bonds is 2. The first kappa shape index (κ1) is 14.0. The van der Waals surface area contributed by atoms with Gasteiger partial charge in [-0.15, -0.1) is 0 Å². The molecule has 0 saturated carbocycles. The Morgan fingerprint density at radius 2 is 1.76 bits per heavy atom. The average Bonchev–Trinajstić information content (AvgIpc) is 2.15. The molecular weight excluding hydrogens is 227 g/mol. The van der Waals surface area contributed by atoms with Crippen LogP contribution >= 0.6 is 0 Å². The molecule has 1 nitrogen and oxygen atoms in total. The maximum atomic E-state index is 12.5. The third-order valence-electron chi connectivity index (χ3n) is 2.82. The highest BCUT2D eigenvalue weighted by atomic mass is 19.4. The lowest BCUT2D eigenvalue weighted by molar-refractivity contribution is -0.137. The van der Waals surface area contributed by atoms with E-state index in [9.17, 15) is 13.2 Å². The standard InChI is InChI=1S/C13H18F3N/c1-12(2,3)11(17)8-9-5-4-6-10(7-9)13(14,15)16/h4-7,11H,8,17H2,1-3H3. The van der Waals surface area contributed by atoms with Crippen molar-refractivity contribution in [3.8, 4) is 0 Å².